The third-order valence-corrected chi connectivity index (χ3v) is 3.55. The van der Waals surface area contributed by atoms with Crippen molar-refractivity contribution >= 4 is 11.6 Å². The zero-order chi connectivity index (χ0) is 19.3. The van der Waals surface area contributed by atoms with Gasteiger partial charge < -0.3 is 5.73 Å². The summed E-state index contributed by atoms with van der Waals surface area (Å²) < 4.78 is 79.0. The minimum atomic E-state index is -4.98. The van der Waals surface area contributed by atoms with Gasteiger partial charge in [-0.3, -0.25) is 4.79 Å². The van der Waals surface area contributed by atoms with E-state index >= 15 is 0 Å². The quantitative estimate of drug-likeness (QED) is 0.698. The van der Waals surface area contributed by atoms with E-state index in [1.54, 1.807) is 0 Å². The van der Waals surface area contributed by atoms with Gasteiger partial charge in [0.25, 0.3) is 5.91 Å². The molecule has 2 N–H and O–H groups in total. The van der Waals surface area contributed by atoms with Crippen molar-refractivity contribution in [2.24, 2.45) is 5.73 Å². The molecule has 2 heterocycles. The number of rotatable bonds is 2. The number of benzene rings is 1. The van der Waals surface area contributed by atoms with Crippen LogP contribution in [0.2, 0.25) is 0 Å². The third-order valence-electron chi connectivity index (χ3n) is 3.55. The largest absolute Gasteiger partial charge is 0.416 e. The molecule has 0 saturated heterocycles. The predicted molar refractivity (Wildman–Crippen MR) is 76.9 cm³/mol. The highest BCUT2D eigenvalue weighted by Gasteiger charge is 2.37. The van der Waals surface area contributed by atoms with E-state index in [9.17, 15) is 31.1 Å². The van der Waals surface area contributed by atoms with Gasteiger partial charge in [-0.1, -0.05) is 0 Å². The first-order valence-electron chi connectivity index (χ1n) is 6.91. The number of nitrogens with zero attached hydrogens (tertiary/aromatic N) is 3. The van der Waals surface area contributed by atoms with Crippen LogP contribution in [0.15, 0.2) is 36.7 Å². The Morgan fingerprint density at radius 1 is 1.00 bits per heavy atom. The molecule has 136 valence electrons. The van der Waals surface area contributed by atoms with Crippen LogP contribution in [0.3, 0.4) is 0 Å². The fraction of sp³-hybridized carbons (Fsp3) is 0.133. The van der Waals surface area contributed by atoms with Gasteiger partial charge in [0.15, 0.2) is 5.65 Å². The van der Waals surface area contributed by atoms with Crippen LogP contribution in [0, 0.1) is 0 Å². The maximum absolute atomic E-state index is 13.0. The number of nitrogens with two attached hydrogens (primary N) is 1. The van der Waals surface area contributed by atoms with Crippen molar-refractivity contribution < 1.29 is 31.1 Å². The summed E-state index contributed by atoms with van der Waals surface area (Å²) in [6, 6.07) is 2.34. The minimum Gasteiger partial charge on any atom is -0.365 e. The number of primary amides is 1. The van der Waals surface area contributed by atoms with Crippen LogP contribution < -0.4 is 5.73 Å². The van der Waals surface area contributed by atoms with E-state index in [1.165, 1.54) is 6.07 Å². The molecule has 3 rings (SSSR count). The van der Waals surface area contributed by atoms with Gasteiger partial charge in [-0.2, -0.15) is 31.4 Å². The molecule has 0 bridgehead atoms. The lowest BCUT2D eigenvalue weighted by molar-refractivity contribution is -0.143. The molecule has 1 aromatic carbocycles. The first-order valence-corrected chi connectivity index (χ1v) is 6.91. The first kappa shape index (κ1) is 17.7. The van der Waals surface area contributed by atoms with E-state index in [1.807, 2.05) is 0 Å². The van der Waals surface area contributed by atoms with Gasteiger partial charge in [0.1, 0.15) is 5.56 Å². The molecule has 2 aromatic heterocycles. The van der Waals surface area contributed by atoms with E-state index in [0.29, 0.717) is 12.1 Å². The number of fused-ring (bicyclic) bond motifs is 1. The highest BCUT2D eigenvalue weighted by molar-refractivity contribution is 5.98. The minimum absolute atomic E-state index is 0.0276. The Morgan fingerprint density at radius 2 is 1.58 bits per heavy atom. The average molecular weight is 374 g/mol. The standard InChI is InChI=1S/C15H8F6N4O/c16-14(17,18)8-3-7(4-9(5-8)15(19,20)21)11-1-2-23-13-10(12(22)26)6-24-25(11)13/h1-6H,(H2,22,26). The third kappa shape index (κ3) is 3.07. The fourth-order valence-electron chi connectivity index (χ4n) is 2.39. The molecule has 26 heavy (non-hydrogen) atoms. The van der Waals surface area contributed by atoms with Crippen molar-refractivity contribution in [2.45, 2.75) is 12.4 Å². The van der Waals surface area contributed by atoms with E-state index in [0.717, 1.165) is 16.9 Å². The SMILES string of the molecule is NC(=O)c1cnn2c(-c3cc(C(F)(F)F)cc(C(F)(F)F)c3)ccnc12. The van der Waals surface area contributed by atoms with Gasteiger partial charge in [0.2, 0.25) is 0 Å². The number of hydrogen-bond acceptors (Lipinski definition) is 3. The molecule has 0 radical (unpaired) electrons. The zero-order valence-electron chi connectivity index (χ0n) is 12.6. The van der Waals surface area contributed by atoms with Gasteiger partial charge >= 0.3 is 12.4 Å². The van der Waals surface area contributed by atoms with Crippen LogP contribution in [0.5, 0.6) is 0 Å². The molecule has 5 nitrogen and oxygen atoms in total. The molecule has 0 spiro atoms. The topological polar surface area (TPSA) is 73.3 Å². The van der Waals surface area contributed by atoms with Gasteiger partial charge in [0.05, 0.1) is 23.0 Å². The van der Waals surface area contributed by atoms with Crippen LogP contribution in [0.4, 0.5) is 26.3 Å². The van der Waals surface area contributed by atoms with E-state index < -0.39 is 35.0 Å². The van der Waals surface area contributed by atoms with Crippen molar-refractivity contribution in [3.63, 3.8) is 0 Å². The van der Waals surface area contributed by atoms with Crippen LogP contribution in [0.25, 0.3) is 16.9 Å². The second-order valence-corrected chi connectivity index (χ2v) is 5.28. The summed E-state index contributed by atoms with van der Waals surface area (Å²) in [4.78, 5) is 15.2. The summed E-state index contributed by atoms with van der Waals surface area (Å²) in [6.45, 7) is 0. The Morgan fingerprint density at radius 3 is 2.08 bits per heavy atom. The molecular formula is C15H8F6N4O. The normalized spacial score (nSPS) is 12.5. The van der Waals surface area contributed by atoms with Crippen molar-refractivity contribution in [3.8, 4) is 11.3 Å². The van der Waals surface area contributed by atoms with Gasteiger partial charge in [-0.15, -0.1) is 0 Å². The molecular weight excluding hydrogens is 366 g/mol. The lowest BCUT2D eigenvalue weighted by atomic mass is 10.0. The van der Waals surface area contributed by atoms with Crippen molar-refractivity contribution in [1.29, 1.82) is 0 Å². The average Bonchev–Trinajstić information content (AvgIpc) is 2.97. The second-order valence-electron chi connectivity index (χ2n) is 5.28. The predicted octanol–water partition coefficient (Wildman–Crippen LogP) is 3.53. The maximum Gasteiger partial charge on any atom is 0.416 e. The molecule has 1 amide bonds. The number of aromatic nitrogens is 3. The molecule has 0 aliphatic carbocycles. The van der Waals surface area contributed by atoms with E-state index in [4.69, 9.17) is 5.73 Å². The molecule has 0 aliphatic heterocycles. The Hall–Kier alpha value is -3.11. The van der Waals surface area contributed by atoms with Crippen molar-refractivity contribution in [2.75, 3.05) is 0 Å². The Kier molecular flexibility index (Phi) is 3.89. The summed E-state index contributed by atoms with van der Waals surface area (Å²) in [6.07, 6.45) is -7.80. The molecule has 0 unspecified atom stereocenters. The monoisotopic (exact) mass is 374 g/mol. The van der Waals surface area contributed by atoms with Crippen LogP contribution in [0.1, 0.15) is 21.5 Å². The molecule has 0 aliphatic rings. The van der Waals surface area contributed by atoms with Crippen LogP contribution in [-0.4, -0.2) is 20.5 Å². The summed E-state index contributed by atoms with van der Waals surface area (Å²) in [5.74, 6) is -0.885. The Bertz CT molecular complexity index is 973. The molecule has 3 aromatic rings. The smallest absolute Gasteiger partial charge is 0.365 e. The lowest BCUT2D eigenvalue weighted by Crippen LogP contribution is -2.12. The van der Waals surface area contributed by atoms with E-state index in [2.05, 4.69) is 10.1 Å². The summed E-state index contributed by atoms with van der Waals surface area (Å²) in [5.41, 5.74) is 1.52. The second kappa shape index (κ2) is 5.71. The first-order chi connectivity index (χ1) is 12.0. The fourth-order valence-corrected chi connectivity index (χ4v) is 2.39. The summed E-state index contributed by atoms with van der Waals surface area (Å²) in [7, 11) is 0. The molecule has 0 saturated carbocycles. The van der Waals surface area contributed by atoms with Crippen molar-refractivity contribution in [3.05, 3.63) is 53.3 Å². The van der Waals surface area contributed by atoms with Gasteiger partial charge in [0, 0.05) is 11.8 Å². The molecule has 0 fully saturated rings. The van der Waals surface area contributed by atoms with Gasteiger partial charge in [-0.25, -0.2) is 9.50 Å². The Labute approximate surface area is 141 Å². The maximum atomic E-state index is 13.0. The lowest BCUT2D eigenvalue weighted by Gasteiger charge is -2.14. The van der Waals surface area contributed by atoms with E-state index in [-0.39, 0.29) is 23.0 Å². The number of alkyl halides is 6. The highest BCUT2D eigenvalue weighted by Crippen LogP contribution is 2.38. The van der Waals surface area contributed by atoms with Crippen molar-refractivity contribution in [1.82, 2.24) is 14.6 Å². The summed E-state index contributed by atoms with van der Waals surface area (Å²) >= 11 is 0. The Balaban J connectivity index is 2.30. The zero-order valence-corrected chi connectivity index (χ0v) is 12.6. The number of hydrogen-bond donors (Lipinski definition) is 1. The number of halogens is 6. The van der Waals surface area contributed by atoms with Crippen LogP contribution >= 0.6 is 0 Å². The molecule has 11 heteroatoms. The number of carbonyl (C=O) groups is 1. The number of amides is 1. The highest BCUT2D eigenvalue weighted by atomic mass is 19.4. The van der Waals surface area contributed by atoms with Crippen LogP contribution in [-0.2, 0) is 12.4 Å². The summed E-state index contributed by atoms with van der Waals surface area (Å²) in [5, 5.41) is 3.79. The molecule has 0 atom stereocenters. The van der Waals surface area contributed by atoms with Gasteiger partial charge in [-0.05, 0) is 24.3 Å². The number of carbonyl (C=O) groups excluding carboxylic acids is 1.